The van der Waals surface area contributed by atoms with Gasteiger partial charge in [-0.15, -0.1) is 0 Å². The second-order valence-electron chi connectivity index (χ2n) is 12.9. The first-order chi connectivity index (χ1) is 20.3. The molecule has 5 aliphatic rings. The van der Waals surface area contributed by atoms with Gasteiger partial charge >= 0.3 is 0 Å². The van der Waals surface area contributed by atoms with E-state index in [0.717, 1.165) is 57.9 Å². The fourth-order valence-electron chi connectivity index (χ4n) is 8.45. The van der Waals surface area contributed by atoms with Gasteiger partial charge in [0.05, 0.1) is 18.1 Å². The molecule has 7 rings (SSSR count). The van der Waals surface area contributed by atoms with Gasteiger partial charge in [-0.3, -0.25) is 33.8 Å². The number of rotatable bonds is 5. The van der Waals surface area contributed by atoms with Gasteiger partial charge in [-0.05, 0) is 83.4 Å². The lowest BCUT2D eigenvalue weighted by molar-refractivity contribution is -0.127. The number of hydrogen-bond donors (Lipinski definition) is 1. The number of likely N-dealkylation sites (N-methyl/N-ethyl adjacent to an activating group) is 1. The minimum atomic E-state index is -0.503. The molecule has 1 saturated heterocycles. The zero-order valence-corrected chi connectivity index (χ0v) is 24.4. The highest BCUT2D eigenvalue weighted by Crippen LogP contribution is 2.42. The number of imide groups is 2. The smallest absolute Gasteiger partial charge is 0.261 e. The van der Waals surface area contributed by atoms with Crippen LogP contribution in [0, 0.1) is 5.92 Å². The highest BCUT2D eigenvalue weighted by atomic mass is 16.2. The van der Waals surface area contributed by atoms with Crippen molar-refractivity contribution >= 4 is 40.2 Å². The van der Waals surface area contributed by atoms with Gasteiger partial charge in [0.15, 0.2) is 5.78 Å². The summed E-state index contributed by atoms with van der Waals surface area (Å²) in [5.74, 6) is -1.90. The molecule has 2 aromatic carbocycles. The Morgan fingerprint density at radius 3 is 1.64 bits per heavy atom. The third-order valence-corrected chi connectivity index (χ3v) is 10.5. The van der Waals surface area contributed by atoms with Crippen molar-refractivity contribution in [3.8, 4) is 0 Å². The van der Waals surface area contributed by atoms with Crippen LogP contribution in [0.3, 0.4) is 0 Å². The van der Waals surface area contributed by atoms with Crippen molar-refractivity contribution < 1.29 is 24.0 Å². The van der Waals surface area contributed by atoms with Gasteiger partial charge in [0.25, 0.3) is 23.6 Å². The molecule has 0 aromatic heterocycles. The molecule has 0 unspecified atom stereocenters. The molecule has 2 aliphatic carbocycles. The summed E-state index contributed by atoms with van der Waals surface area (Å²) in [5.41, 5.74) is 1.36. The van der Waals surface area contributed by atoms with Gasteiger partial charge in [-0.25, -0.2) is 0 Å². The average Bonchev–Trinajstić information content (AvgIpc) is 3.54. The molecule has 0 bridgehead atoms. The van der Waals surface area contributed by atoms with E-state index < -0.39 is 23.8 Å². The van der Waals surface area contributed by atoms with E-state index in [-0.39, 0.29) is 35.7 Å². The molecule has 220 valence electrons. The first kappa shape index (κ1) is 27.4. The molecule has 1 N–H and O–H groups in total. The van der Waals surface area contributed by atoms with Crippen LogP contribution >= 0.6 is 0 Å². The largest absolute Gasteiger partial charge is 0.307 e. The minimum absolute atomic E-state index is 0.0726. The Morgan fingerprint density at radius 1 is 0.667 bits per heavy atom. The van der Waals surface area contributed by atoms with Gasteiger partial charge in [-0.1, -0.05) is 25.7 Å². The number of benzene rings is 2. The summed E-state index contributed by atoms with van der Waals surface area (Å²) in [6.07, 6.45) is 8.39. The molecular formula is C33H38N4O5. The number of Topliss-reactive ketones (excluding diaryl/α,β-unsaturated/α-hetero) is 1. The zero-order valence-electron chi connectivity index (χ0n) is 24.4. The maximum Gasteiger partial charge on any atom is 0.261 e. The van der Waals surface area contributed by atoms with Crippen LogP contribution in [0.25, 0.3) is 10.8 Å². The summed E-state index contributed by atoms with van der Waals surface area (Å²) in [6, 6.07) is 5.69. The molecule has 2 aromatic rings. The van der Waals surface area contributed by atoms with Crippen LogP contribution in [0.4, 0.5) is 0 Å². The van der Waals surface area contributed by atoms with Gasteiger partial charge < -0.3 is 10.2 Å². The maximum absolute atomic E-state index is 14.1. The summed E-state index contributed by atoms with van der Waals surface area (Å²) < 4.78 is 0. The second kappa shape index (κ2) is 10.4. The first-order valence-electron chi connectivity index (χ1n) is 15.6. The van der Waals surface area contributed by atoms with Crippen LogP contribution in [0.15, 0.2) is 24.3 Å². The van der Waals surface area contributed by atoms with Gasteiger partial charge in [0.1, 0.15) is 0 Å². The quantitative estimate of drug-likeness (QED) is 0.545. The molecule has 4 amide bonds. The Balaban J connectivity index is 1.28. The molecular weight excluding hydrogens is 532 g/mol. The van der Waals surface area contributed by atoms with Gasteiger partial charge in [-0.2, -0.15) is 0 Å². The highest BCUT2D eigenvalue weighted by Gasteiger charge is 2.48. The van der Waals surface area contributed by atoms with Gasteiger partial charge in [0, 0.05) is 45.0 Å². The standard InChI is InChI=1S/C33H38N4O5/c1-35(2)25-11-5-6-12-26(25)37-32(41)21-15-13-19-27-20(14-16-22(28(21)27)33(37)42)31(40)36(30(19)39)24-10-4-3-8-18(24)29(38)23-9-7-17-34-23/h13-16,18,23-26,34H,3-12,17H2,1-2H3/t18-,23+,24-,25-,26-/m1/s1. The van der Waals surface area contributed by atoms with E-state index in [2.05, 4.69) is 10.2 Å². The number of carbonyl (C=O) groups is 5. The minimum Gasteiger partial charge on any atom is -0.307 e. The zero-order chi connectivity index (χ0) is 29.3. The molecule has 2 saturated carbocycles. The summed E-state index contributed by atoms with van der Waals surface area (Å²) in [4.78, 5) is 74.6. The summed E-state index contributed by atoms with van der Waals surface area (Å²) in [5, 5.41) is 4.09. The van der Waals surface area contributed by atoms with Crippen LogP contribution in [0.5, 0.6) is 0 Å². The molecule has 9 nitrogen and oxygen atoms in total. The lowest BCUT2D eigenvalue weighted by Crippen LogP contribution is -2.57. The third kappa shape index (κ3) is 4.00. The van der Waals surface area contributed by atoms with E-state index in [1.165, 1.54) is 9.80 Å². The number of carbonyl (C=O) groups excluding carboxylic acids is 5. The van der Waals surface area contributed by atoms with Crippen molar-refractivity contribution in [3.63, 3.8) is 0 Å². The maximum atomic E-state index is 14.1. The Labute approximate surface area is 245 Å². The number of nitrogens with zero attached hydrogens (tertiary/aromatic N) is 3. The molecule has 42 heavy (non-hydrogen) atoms. The van der Waals surface area contributed by atoms with Gasteiger partial charge in [0.2, 0.25) is 0 Å². The number of amides is 4. The van der Waals surface area contributed by atoms with Crippen molar-refractivity contribution in [2.75, 3.05) is 20.6 Å². The molecule has 3 fully saturated rings. The Hall–Kier alpha value is -3.43. The Morgan fingerprint density at radius 2 is 1.14 bits per heavy atom. The van der Waals surface area contributed by atoms with Crippen LogP contribution in [0.1, 0.15) is 106 Å². The normalized spacial score (nSPS) is 29.6. The lowest BCUT2D eigenvalue weighted by Gasteiger charge is -2.44. The number of nitrogens with one attached hydrogen (secondary N) is 1. The van der Waals surface area contributed by atoms with Crippen molar-refractivity contribution in [2.24, 2.45) is 5.92 Å². The fraction of sp³-hybridized carbons (Fsp3) is 0.545. The van der Waals surface area contributed by atoms with Crippen LogP contribution < -0.4 is 5.32 Å². The van der Waals surface area contributed by atoms with E-state index in [1.54, 1.807) is 24.3 Å². The molecule has 0 radical (unpaired) electrons. The first-order valence-corrected chi connectivity index (χ1v) is 15.6. The summed E-state index contributed by atoms with van der Waals surface area (Å²) in [6.45, 7) is 0.806. The molecule has 3 aliphatic heterocycles. The van der Waals surface area contributed by atoms with Crippen LogP contribution in [0.2, 0.25) is 0 Å². The second-order valence-corrected chi connectivity index (χ2v) is 12.9. The molecule has 0 spiro atoms. The highest BCUT2D eigenvalue weighted by molar-refractivity contribution is 6.33. The van der Waals surface area contributed by atoms with Crippen LogP contribution in [-0.2, 0) is 4.79 Å². The predicted octanol–water partition coefficient (Wildman–Crippen LogP) is 3.78. The van der Waals surface area contributed by atoms with Crippen LogP contribution in [-0.4, -0.2) is 88.9 Å². The van der Waals surface area contributed by atoms with E-state index >= 15 is 0 Å². The van der Waals surface area contributed by atoms with E-state index in [1.807, 2.05) is 14.1 Å². The third-order valence-electron chi connectivity index (χ3n) is 10.5. The molecule has 5 atom stereocenters. The van der Waals surface area contributed by atoms with E-state index in [0.29, 0.717) is 45.9 Å². The van der Waals surface area contributed by atoms with E-state index in [4.69, 9.17) is 0 Å². The topological polar surface area (TPSA) is 107 Å². The lowest BCUT2D eigenvalue weighted by atomic mass is 9.77. The molecule has 9 heteroatoms. The number of hydrogen-bond acceptors (Lipinski definition) is 7. The predicted molar refractivity (Wildman–Crippen MR) is 156 cm³/mol. The monoisotopic (exact) mass is 570 g/mol. The molecule has 3 heterocycles. The van der Waals surface area contributed by atoms with Crippen molar-refractivity contribution in [2.45, 2.75) is 88.4 Å². The van der Waals surface area contributed by atoms with Crippen molar-refractivity contribution in [3.05, 3.63) is 46.5 Å². The van der Waals surface area contributed by atoms with Crippen molar-refractivity contribution in [1.82, 2.24) is 20.0 Å². The number of ketones is 1. The average molecular weight is 571 g/mol. The van der Waals surface area contributed by atoms with Crippen molar-refractivity contribution in [1.29, 1.82) is 0 Å². The van der Waals surface area contributed by atoms with E-state index in [9.17, 15) is 24.0 Å². The Kier molecular flexibility index (Phi) is 6.77. The Bertz CT molecular complexity index is 1460. The SMILES string of the molecule is CN(C)[C@@H]1CCCC[C@H]1N1C(=O)c2ccc3c4c(ccc(c24)C1=O)C(=O)N([C@@H]1CCCC[C@H]1C(=O)[C@@H]1CCCN1)C3=O. The summed E-state index contributed by atoms with van der Waals surface area (Å²) in [7, 11) is 3.97. The summed E-state index contributed by atoms with van der Waals surface area (Å²) >= 11 is 0. The fourth-order valence-corrected chi connectivity index (χ4v) is 8.45.